The number of fused-ring (bicyclic) bond motifs is 1. The van der Waals surface area contributed by atoms with Gasteiger partial charge >= 0.3 is 7.12 Å². The van der Waals surface area contributed by atoms with E-state index < -0.39 is 7.12 Å². The zero-order valence-electron chi connectivity index (χ0n) is 8.39. The lowest BCUT2D eigenvalue weighted by Crippen LogP contribution is -2.39. The Morgan fingerprint density at radius 3 is 2.00 bits per heavy atom. The van der Waals surface area contributed by atoms with Gasteiger partial charge in [0.2, 0.25) is 0 Å². The topological polar surface area (TPSA) is 18.5 Å². The summed E-state index contributed by atoms with van der Waals surface area (Å²) in [5.41, 5.74) is 0.848. The molecule has 1 aliphatic rings. The number of rotatable bonds is 1. The summed E-state index contributed by atoms with van der Waals surface area (Å²) in [6, 6.07) is 15.1. The van der Waals surface area contributed by atoms with Crippen molar-refractivity contribution >= 4 is 24.2 Å². The molecule has 78 valence electrons. The van der Waals surface area contributed by atoms with E-state index in [9.17, 15) is 0 Å². The maximum absolute atomic E-state index is 6.09. The Morgan fingerprint density at radius 2 is 1.38 bits per heavy atom. The van der Waals surface area contributed by atoms with Crippen molar-refractivity contribution < 1.29 is 9.31 Å². The Labute approximate surface area is 98.9 Å². The average molecular weight is 230 g/mol. The van der Waals surface area contributed by atoms with E-state index in [1.165, 1.54) is 0 Å². The van der Waals surface area contributed by atoms with Gasteiger partial charge in [-0.1, -0.05) is 41.9 Å². The van der Waals surface area contributed by atoms with Gasteiger partial charge in [-0.15, -0.1) is 0 Å². The minimum absolute atomic E-state index is 0.439. The van der Waals surface area contributed by atoms with Crippen molar-refractivity contribution in [3.05, 3.63) is 53.6 Å². The summed E-state index contributed by atoms with van der Waals surface area (Å²) in [5.74, 6) is 1.51. The quantitative estimate of drug-likeness (QED) is 0.701. The number of benzene rings is 2. The minimum atomic E-state index is -0.439. The van der Waals surface area contributed by atoms with Crippen LogP contribution in [-0.2, 0) is 0 Å². The van der Waals surface area contributed by atoms with Crippen LogP contribution in [0.15, 0.2) is 48.5 Å². The summed E-state index contributed by atoms with van der Waals surface area (Å²) in [5, 5.41) is 0.653. The van der Waals surface area contributed by atoms with Crippen LogP contribution in [0, 0.1) is 0 Å². The normalized spacial score (nSPS) is 12.9. The molecule has 1 aliphatic heterocycles. The molecule has 1 heterocycles. The zero-order valence-corrected chi connectivity index (χ0v) is 9.15. The monoisotopic (exact) mass is 230 g/mol. The summed E-state index contributed by atoms with van der Waals surface area (Å²) in [7, 11) is -0.439. The van der Waals surface area contributed by atoms with Gasteiger partial charge in [0, 0.05) is 10.5 Å². The van der Waals surface area contributed by atoms with Gasteiger partial charge in [0.1, 0.15) is 11.5 Å². The van der Waals surface area contributed by atoms with Crippen LogP contribution in [0.2, 0.25) is 5.02 Å². The molecule has 0 radical (unpaired) electrons. The molecule has 0 aromatic heterocycles. The molecule has 0 aliphatic carbocycles. The molecule has 0 N–H and O–H groups in total. The second-order valence-electron chi connectivity index (χ2n) is 3.54. The summed E-state index contributed by atoms with van der Waals surface area (Å²) in [4.78, 5) is 0. The third kappa shape index (κ3) is 1.53. The van der Waals surface area contributed by atoms with Crippen LogP contribution >= 0.6 is 11.6 Å². The van der Waals surface area contributed by atoms with Gasteiger partial charge in [0.25, 0.3) is 0 Å². The van der Waals surface area contributed by atoms with E-state index in [4.69, 9.17) is 20.9 Å². The van der Waals surface area contributed by atoms with E-state index in [1.807, 2.05) is 48.5 Å². The van der Waals surface area contributed by atoms with Crippen molar-refractivity contribution in [2.75, 3.05) is 0 Å². The van der Waals surface area contributed by atoms with Crippen LogP contribution in [0.25, 0.3) is 0 Å². The Morgan fingerprint density at radius 1 is 0.812 bits per heavy atom. The Bertz CT molecular complexity index is 505. The molecule has 0 unspecified atom stereocenters. The van der Waals surface area contributed by atoms with E-state index in [-0.39, 0.29) is 0 Å². The fourth-order valence-electron chi connectivity index (χ4n) is 1.69. The molecule has 0 fully saturated rings. The van der Waals surface area contributed by atoms with Crippen LogP contribution in [0.5, 0.6) is 11.5 Å². The highest BCUT2D eigenvalue weighted by molar-refractivity contribution is 6.67. The highest BCUT2D eigenvalue weighted by Crippen LogP contribution is 2.32. The van der Waals surface area contributed by atoms with E-state index in [0.29, 0.717) is 5.02 Å². The number of hydrogen-bond donors (Lipinski definition) is 0. The third-order valence-corrected chi connectivity index (χ3v) is 2.82. The second kappa shape index (κ2) is 3.76. The van der Waals surface area contributed by atoms with Crippen LogP contribution in [-0.4, -0.2) is 7.12 Å². The van der Waals surface area contributed by atoms with Crippen LogP contribution in [0.1, 0.15) is 0 Å². The molecule has 0 spiro atoms. The average Bonchev–Trinajstić information content (AvgIpc) is 2.73. The largest absolute Gasteiger partial charge is 0.634 e. The smallest absolute Gasteiger partial charge is 0.519 e. The molecule has 4 heteroatoms. The van der Waals surface area contributed by atoms with Gasteiger partial charge < -0.3 is 9.31 Å². The zero-order chi connectivity index (χ0) is 11.0. The van der Waals surface area contributed by atoms with Crippen molar-refractivity contribution in [3.8, 4) is 11.5 Å². The molecule has 2 nitrogen and oxygen atoms in total. The van der Waals surface area contributed by atoms with Gasteiger partial charge in [-0.05, 0) is 18.2 Å². The lowest BCUT2D eigenvalue weighted by Gasteiger charge is -2.06. The van der Waals surface area contributed by atoms with Crippen LogP contribution in [0.4, 0.5) is 0 Å². The Hall–Kier alpha value is -1.61. The molecule has 2 aromatic carbocycles. The second-order valence-corrected chi connectivity index (χ2v) is 3.94. The van der Waals surface area contributed by atoms with E-state index in [1.54, 1.807) is 0 Å². The fraction of sp³-hybridized carbons (Fsp3) is 0. The maximum atomic E-state index is 6.09. The third-order valence-electron chi connectivity index (χ3n) is 2.48. The predicted molar refractivity (Wildman–Crippen MR) is 64.5 cm³/mol. The molecule has 0 atom stereocenters. The highest BCUT2D eigenvalue weighted by Gasteiger charge is 2.35. The van der Waals surface area contributed by atoms with Crippen LogP contribution in [0.3, 0.4) is 0 Å². The first kappa shape index (κ1) is 9.61. The van der Waals surface area contributed by atoms with Gasteiger partial charge in [-0.2, -0.15) is 0 Å². The van der Waals surface area contributed by atoms with Crippen molar-refractivity contribution in [2.24, 2.45) is 0 Å². The first-order valence-corrected chi connectivity index (χ1v) is 5.39. The van der Waals surface area contributed by atoms with Gasteiger partial charge in [-0.25, -0.2) is 0 Å². The SMILES string of the molecule is Clc1ccccc1B1Oc2ccccc2O1. The van der Waals surface area contributed by atoms with Crippen molar-refractivity contribution in [1.29, 1.82) is 0 Å². The van der Waals surface area contributed by atoms with Gasteiger partial charge in [-0.3, -0.25) is 0 Å². The van der Waals surface area contributed by atoms with Crippen LogP contribution < -0.4 is 14.8 Å². The van der Waals surface area contributed by atoms with Gasteiger partial charge in [0.15, 0.2) is 0 Å². The van der Waals surface area contributed by atoms with E-state index in [0.717, 1.165) is 17.0 Å². The molecular weight excluding hydrogens is 222 g/mol. The summed E-state index contributed by atoms with van der Waals surface area (Å²) in [6.45, 7) is 0. The standard InChI is InChI=1S/C12H8BClO2/c14-10-6-2-1-5-9(10)13-15-11-7-3-4-8-12(11)16-13/h1-8H. The van der Waals surface area contributed by atoms with Crippen molar-refractivity contribution in [2.45, 2.75) is 0 Å². The Balaban J connectivity index is 1.95. The molecule has 16 heavy (non-hydrogen) atoms. The number of para-hydroxylation sites is 2. The van der Waals surface area contributed by atoms with E-state index in [2.05, 4.69) is 0 Å². The van der Waals surface area contributed by atoms with E-state index >= 15 is 0 Å². The first-order valence-electron chi connectivity index (χ1n) is 5.01. The molecular formula is C12H8BClO2. The Kier molecular flexibility index (Phi) is 2.26. The maximum Gasteiger partial charge on any atom is 0.634 e. The lowest BCUT2D eigenvalue weighted by molar-refractivity contribution is 0.519. The summed E-state index contributed by atoms with van der Waals surface area (Å²) < 4.78 is 11.3. The molecule has 3 rings (SSSR count). The molecule has 2 aromatic rings. The summed E-state index contributed by atoms with van der Waals surface area (Å²) >= 11 is 6.09. The molecule has 0 bridgehead atoms. The minimum Gasteiger partial charge on any atom is -0.519 e. The number of hydrogen-bond acceptors (Lipinski definition) is 2. The molecule has 0 saturated carbocycles. The number of halogens is 1. The summed E-state index contributed by atoms with van der Waals surface area (Å²) in [6.07, 6.45) is 0. The lowest BCUT2D eigenvalue weighted by atomic mass is 9.79. The van der Waals surface area contributed by atoms with Crippen molar-refractivity contribution in [1.82, 2.24) is 0 Å². The fourth-order valence-corrected chi connectivity index (χ4v) is 1.92. The van der Waals surface area contributed by atoms with Gasteiger partial charge in [0.05, 0.1) is 0 Å². The van der Waals surface area contributed by atoms with Crippen molar-refractivity contribution in [3.63, 3.8) is 0 Å². The first-order chi connectivity index (χ1) is 7.84. The highest BCUT2D eigenvalue weighted by atomic mass is 35.5. The molecule has 0 amide bonds. The predicted octanol–water partition coefficient (Wildman–Crippen LogP) is 2.51. The molecule has 0 saturated heterocycles.